The molecule has 0 bridgehead atoms. The molecular formula is C6H13O8P. The molecule has 0 spiro atoms. The van der Waals surface area contributed by atoms with E-state index < -0.39 is 38.5 Å². The van der Waals surface area contributed by atoms with Crippen molar-refractivity contribution in [2.24, 2.45) is 0 Å². The molecule has 1 rings (SSSR count). The van der Waals surface area contributed by atoms with Crippen molar-refractivity contribution in [2.75, 3.05) is 0 Å². The first-order valence-corrected chi connectivity index (χ1v) is 5.69. The summed E-state index contributed by atoms with van der Waals surface area (Å²) in [6, 6.07) is 0. The zero-order valence-electron chi connectivity index (χ0n) is 7.79. The minimum absolute atomic E-state index is 1.10. The Morgan fingerprint density at radius 1 is 1.33 bits per heavy atom. The summed E-state index contributed by atoms with van der Waals surface area (Å²) in [6.07, 6.45) is -6.96. The van der Waals surface area contributed by atoms with Crippen LogP contribution in [0.2, 0.25) is 0 Å². The lowest BCUT2D eigenvalue weighted by Gasteiger charge is -2.16. The molecule has 0 aromatic rings. The lowest BCUT2D eigenvalue weighted by molar-refractivity contribution is -0.137. The van der Waals surface area contributed by atoms with Crippen molar-refractivity contribution in [3.05, 3.63) is 0 Å². The summed E-state index contributed by atoms with van der Waals surface area (Å²) < 4.78 is 19.3. The number of aliphatic hydroxyl groups is 3. The summed E-state index contributed by atoms with van der Waals surface area (Å²) in [5.74, 6) is 0. The van der Waals surface area contributed by atoms with E-state index in [0.29, 0.717) is 0 Å². The third kappa shape index (κ3) is 3.20. The Balaban J connectivity index is 2.67. The van der Waals surface area contributed by atoms with Crippen LogP contribution in [0.1, 0.15) is 6.92 Å². The average Bonchev–Trinajstić information content (AvgIpc) is 2.30. The molecule has 0 aliphatic carbocycles. The maximum Gasteiger partial charge on any atom is 0.472 e. The van der Waals surface area contributed by atoms with Crippen LogP contribution in [0.15, 0.2) is 0 Å². The maximum atomic E-state index is 10.5. The summed E-state index contributed by atoms with van der Waals surface area (Å²) >= 11 is 0. The first-order valence-electron chi connectivity index (χ1n) is 4.16. The molecule has 0 aromatic carbocycles. The van der Waals surface area contributed by atoms with Crippen LogP contribution < -0.4 is 0 Å². The van der Waals surface area contributed by atoms with E-state index in [-0.39, 0.29) is 0 Å². The normalized spacial score (nSPS) is 39.3. The van der Waals surface area contributed by atoms with Gasteiger partial charge in [-0.1, -0.05) is 0 Å². The van der Waals surface area contributed by atoms with Crippen LogP contribution in [-0.2, 0) is 13.8 Å². The van der Waals surface area contributed by atoms with Crippen LogP contribution in [0.4, 0.5) is 0 Å². The number of rotatable bonds is 3. The Labute approximate surface area is 85.3 Å². The molecule has 1 aliphatic rings. The third-order valence-corrected chi connectivity index (χ3v) is 2.46. The number of hydrogen-bond acceptors (Lipinski definition) is 6. The maximum absolute atomic E-state index is 10.5. The van der Waals surface area contributed by atoms with Gasteiger partial charge in [-0.2, -0.15) is 0 Å². The fourth-order valence-electron chi connectivity index (χ4n) is 1.29. The fourth-order valence-corrected chi connectivity index (χ4v) is 1.74. The van der Waals surface area contributed by atoms with Crippen LogP contribution >= 0.6 is 7.82 Å². The SMILES string of the molecule is C[C@@H](O)[C@@H]1O[C@H](OP(=O)(O)O)[C@H](O)[C@H]1O. The Bertz CT molecular complexity index is 262. The van der Waals surface area contributed by atoms with Gasteiger partial charge >= 0.3 is 7.82 Å². The van der Waals surface area contributed by atoms with Gasteiger partial charge in [0.15, 0.2) is 6.29 Å². The van der Waals surface area contributed by atoms with Gasteiger partial charge in [0, 0.05) is 0 Å². The molecule has 90 valence electrons. The van der Waals surface area contributed by atoms with Crippen LogP contribution in [0.25, 0.3) is 0 Å². The zero-order valence-corrected chi connectivity index (χ0v) is 8.69. The van der Waals surface area contributed by atoms with Crippen molar-refractivity contribution >= 4 is 7.82 Å². The van der Waals surface area contributed by atoms with Crippen LogP contribution in [0.5, 0.6) is 0 Å². The standard InChI is InChI=1S/C6H13O8P/c1-2(7)5-3(8)4(9)6(13-5)14-15(10,11)12/h2-9H,1H3,(H2,10,11,12)/t2-,3-,4-,5+,6-/m1/s1. The summed E-state index contributed by atoms with van der Waals surface area (Å²) in [4.78, 5) is 16.9. The van der Waals surface area contributed by atoms with E-state index in [1.807, 2.05) is 0 Å². The van der Waals surface area contributed by atoms with Crippen molar-refractivity contribution in [1.29, 1.82) is 0 Å². The summed E-state index contributed by atoms with van der Waals surface area (Å²) in [5.41, 5.74) is 0. The monoisotopic (exact) mass is 244 g/mol. The average molecular weight is 244 g/mol. The van der Waals surface area contributed by atoms with Crippen LogP contribution in [0, 0.1) is 0 Å². The molecule has 0 radical (unpaired) electrons. The molecule has 5 N–H and O–H groups in total. The van der Waals surface area contributed by atoms with Crippen LogP contribution in [-0.4, -0.2) is 55.8 Å². The molecule has 1 fully saturated rings. The molecule has 1 saturated heterocycles. The fraction of sp³-hybridized carbons (Fsp3) is 1.00. The second-order valence-corrected chi connectivity index (χ2v) is 4.48. The van der Waals surface area contributed by atoms with E-state index in [0.717, 1.165) is 0 Å². The minimum atomic E-state index is -4.81. The highest BCUT2D eigenvalue weighted by atomic mass is 31.2. The minimum Gasteiger partial charge on any atom is -0.391 e. The molecule has 0 amide bonds. The molecule has 5 atom stereocenters. The molecular weight excluding hydrogens is 231 g/mol. The Hall–Kier alpha value is -0.0500. The first kappa shape index (κ1) is 13.0. The predicted octanol–water partition coefficient (Wildman–Crippen LogP) is -2.08. The second-order valence-electron chi connectivity index (χ2n) is 3.29. The predicted molar refractivity (Wildman–Crippen MR) is 45.5 cm³/mol. The third-order valence-electron chi connectivity index (χ3n) is 1.97. The van der Waals surface area contributed by atoms with Gasteiger partial charge in [-0.3, -0.25) is 4.52 Å². The Kier molecular flexibility index (Phi) is 3.85. The number of aliphatic hydroxyl groups excluding tert-OH is 3. The van der Waals surface area contributed by atoms with Crippen molar-refractivity contribution in [3.8, 4) is 0 Å². The quantitative estimate of drug-likeness (QED) is 0.357. The number of hydrogen-bond donors (Lipinski definition) is 5. The van der Waals surface area contributed by atoms with E-state index in [2.05, 4.69) is 4.52 Å². The molecule has 9 heteroatoms. The first-order chi connectivity index (χ1) is 6.72. The van der Waals surface area contributed by atoms with E-state index in [1.165, 1.54) is 6.92 Å². The zero-order chi connectivity index (χ0) is 11.8. The van der Waals surface area contributed by atoms with Gasteiger partial charge in [-0.25, -0.2) is 4.57 Å². The van der Waals surface area contributed by atoms with Gasteiger partial charge < -0.3 is 29.8 Å². The van der Waals surface area contributed by atoms with Gasteiger partial charge in [0.2, 0.25) is 0 Å². The molecule has 15 heavy (non-hydrogen) atoms. The lowest BCUT2D eigenvalue weighted by atomic mass is 10.1. The topological polar surface area (TPSA) is 137 Å². The van der Waals surface area contributed by atoms with Crippen molar-refractivity contribution < 1.29 is 38.9 Å². The largest absolute Gasteiger partial charge is 0.472 e. The van der Waals surface area contributed by atoms with E-state index >= 15 is 0 Å². The lowest BCUT2D eigenvalue weighted by Crippen LogP contribution is -2.37. The molecule has 8 nitrogen and oxygen atoms in total. The van der Waals surface area contributed by atoms with Crippen molar-refractivity contribution in [3.63, 3.8) is 0 Å². The van der Waals surface area contributed by atoms with Gasteiger partial charge in [0.1, 0.15) is 18.3 Å². The van der Waals surface area contributed by atoms with Gasteiger partial charge in [-0.15, -0.1) is 0 Å². The molecule has 1 aliphatic heterocycles. The summed E-state index contributed by atoms with van der Waals surface area (Å²) in [5, 5.41) is 27.7. The molecule has 0 unspecified atom stereocenters. The van der Waals surface area contributed by atoms with Gasteiger partial charge in [0.05, 0.1) is 6.10 Å². The van der Waals surface area contributed by atoms with Gasteiger partial charge in [0.25, 0.3) is 0 Å². The second kappa shape index (κ2) is 4.44. The number of ether oxygens (including phenoxy) is 1. The highest BCUT2D eigenvalue weighted by Crippen LogP contribution is 2.41. The Morgan fingerprint density at radius 3 is 2.20 bits per heavy atom. The van der Waals surface area contributed by atoms with Crippen molar-refractivity contribution in [1.82, 2.24) is 0 Å². The van der Waals surface area contributed by atoms with E-state index in [4.69, 9.17) is 19.6 Å². The molecule has 0 aromatic heterocycles. The summed E-state index contributed by atoms with van der Waals surface area (Å²) in [7, 11) is -4.81. The Morgan fingerprint density at radius 2 is 1.87 bits per heavy atom. The van der Waals surface area contributed by atoms with E-state index in [9.17, 15) is 14.8 Å². The molecule has 1 heterocycles. The molecule has 0 saturated carbocycles. The summed E-state index contributed by atoms with van der Waals surface area (Å²) in [6.45, 7) is 1.31. The van der Waals surface area contributed by atoms with Crippen LogP contribution in [0.3, 0.4) is 0 Å². The number of phosphoric acid groups is 1. The smallest absolute Gasteiger partial charge is 0.391 e. The highest BCUT2D eigenvalue weighted by molar-refractivity contribution is 7.46. The number of phosphoric ester groups is 1. The van der Waals surface area contributed by atoms with Gasteiger partial charge in [-0.05, 0) is 6.92 Å². The van der Waals surface area contributed by atoms with Crippen molar-refractivity contribution in [2.45, 2.75) is 37.6 Å². The highest BCUT2D eigenvalue weighted by Gasteiger charge is 2.47. The van der Waals surface area contributed by atoms with E-state index in [1.54, 1.807) is 0 Å².